The van der Waals surface area contributed by atoms with Crippen LogP contribution in [0.3, 0.4) is 0 Å². The molecule has 0 atom stereocenters. The number of amides is 1. The Morgan fingerprint density at radius 3 is 2.17 bits per heavy atom. The number of hydrogen-bond acceptors (Lipinski definition) is 4. The minimum Gasteiger partial charge on any atom is -0.497 e. The molecule has 0 saturated carbocycles. The van der Waals surface area contributed by atoms with E-state index in [-0.39, 0.29) is 17.3 Å². The molecule has 0 unspecified atom stereocenters. The van der Waals surface area contributed by atoms with Gasteiger partial charge >= 0.3 is 0 Å². The third-order valence-electron chi connectivity index (χ3n) is 4.87. The van der Waals surface area contributed by atoms with Crippen LogP contribution in [0.5, 0.6) is 5.75 Å². The third kappa shape index (κ3) is 7.80. The molecule has 0 heterocycles. The molecule has 0 radical (unpaired) electrons. The Morgan fingerprint density at radius 2 is 1.53 bits per heavy atom. The highest BCUT2D eigenvalue weighted by molar-refractivity contribution is 7.89. The van der Waals surface area contributed by atoms with Gasteiger partial charge in [-0.1, -0.05) is 51.2 Å². The van der Waals surface area contributed by atoms with E-state index in [4.69, 9.17) is 4.74 Å². The lowest BCUT2D eigenvalue weighted by Gasteiger charge is -2.09. The van der Waals surface area contributed by atoms with E-state index >= 15 is 0 Å². The average molecular weight is 433 g/mol. The smallest absolute Gasteiger partial charge is 0.251 e. The highest BCUT2D eigenvalue weighted by Crippen LogP contribution is 2.16. The van der Waals surface area contributed by atoms with Crippen molar-refractivity contribution in [1.29, 1.82) is 0 Å². The molecule has 0 saturated heterocycles. The summed E-state index contributed by atoms with van der Waals surface area (Å²) < 4.78 is 32.4. The highest BCUT2D eigenvalue weighted by atomic mass is 32.2. The Hall–Kier alpha value is -2.38. The second-order valence-corrected chi connectivity index (χ2v) is 8.99. The first kappa shape index (κ1) is 23.9. The molecule has 2 aromatic carbocycles. The van der Waals surface area contributed by atoms with Gasteiger partial charge in [-0.3, -0.25) is 4.79 Å². The summed E-state index contributed by atoms with van der Waals surface area (Å²) in [6, 6.07) is 13.2. The van der Waals surface area contributed by atoms with Crippen LogP contribution in [-0.4, -0.2) is 28.0 Å². The summed E-state index contributed by atoms with van der Waals surface area (Å²) in [6.45, 7) is 3.02. The highest BCUT2D eigenvalue weighted by Gasteiger charge is 2.14. The molecule has 7 heteroatoms. The molecule has 2 aromatic rings. The van der Waals surface area contributed by atoms with Gasteiger partial charge in [-0.2, -0.15) is 0 Å². The van der Waals surface area contributed by atoms with Crippen molar-refractivity contribution >= 4 is 15.9 Å². The van der Waals surface area contributed by atoms with Crippen LogP contribution in [0.4, 0.5) is 0 Å². The van der Waals surface area contributed by atoms with E-state index < -0.39 is 10.0 Å². The van der Waals surface area contributed by atoms with Crippen molar-refractivity contribution in [2.75, 3.05) is 13.7 Å². The summed E-state index contributed by atoms with van der Waals surface area (Å²) in [5.41, 5.74) is 1.35. The molecule has 0 fully saturated rings. The summed E-state index contributed by atoms with van der Waals surface area (Å²) in [5, 5.41) is 2.94. The van der Waals surface area contributed by atoms with Gasteiger partial charge in [0.1, 0.15) is 5.75 Å². The van der Waals surface area contributed by atoms with Crippen molar-refractivity contribution in [2.45, 2.75) is 56.9 Å². The van der Waals surface area contributed by atoms with E-state index in [1.165, 1.54) is 44.9 Å². The lowest BCUT2D eigenvalue weighted by molar-refractivity contribution is 0.0953. The summed E-state index contributed by atoms with van der Waals surface area (Å²) in [6.07, 6.45) is 7.10. The summed E-state index contributed by atoms with van der Waals surface area (Å²) >= 11 is 0. The van der Waals surface area contributed by atoms with Gasteiger partial charge in [-0.25, -0.2) is 13.1 Å². The number of methoxy groups -OCH3 is 1. The minimum atomic E-state index is -3.62. The average Bonchev–Trinajstić information content (AvgIpc) is 2.77. The van der Waals surface area contributed by atoms with Crippen molar-refractivity contribution < 1.29 is 17.9 Å². The molecule has 0 aliphatic heterocycles. The molecule has 0 aromatic heterocycles. The maximum Gasteiger partial charge on any atom is 0.251 e. The molecule has 0 aliphatic rings. The molecule has 2 rings (SSSR count). The summed E-state index contributed by atoms with van der Waals surface area (Å²) in [4.78, 5) is 12.4. The van der Waals surface area contributed by atoms with Gasteiger partial charge in [-0.05, 0) is 48.4 Å². The molecule has 6 nitrogen and oxygen atoms in total. The fraction of sp³-hybridized carbons (Fsp3) is 0.435. The standard InChI is InChI=1S/C23H32N2O4S/c1-3-4-5-6-7-8-17-24-23(26)20-11-9-19(10-12-20)18-25-30(27,28)22-15-13-21(29-2)14-16-22/h9-16,25H,3-8,17-18H2,1-2H3,(H,24,26). The molecule has 2 N–H and O–H groups in total. The van der Waals surface area contributed by atoms with Crippen LogP contribution in [-0.2, 0) is 16.6 Å². The largest absolute Gasteiger partial charge is 0.497 e. The normalized spacial score (nSPS) is 11.3. The number of nitrogens with one attached hydrogen (secondary N) is 2. The number of benzene rings is 2. The Labute approximate surface area is 180 Å². The fourth-order valence-electron chi connectivity index (χ4n) is 3.00. The number of carbonyl (C=O) groups excluding carboxylic acids is 1. The van der Waals surface area contributed by atoms with Gasteiger partial charge in [0.2, 0.25) is 10.0 Å². The lowest BCUT2D eigenvalue weighted by Crippen LogP contribution is -2.25. The van der Waals surface area contributed by atoms with Crippen LogP contribution >= 0.6 is 0 Å². The zero-order chi connectivity index (χ0) is 21.8. The molecule has 164 valence electrons. The maximum atomic E-state index is 12.4. The molecular formula is C23H32N2O4S. The second-order valence-electron chi connectivity index (χ2n) is 7.22. The number of hydrogen-bond donors (Lipinski definition) is 2. The number of ether oxygens (including phenoxy) is 1. The number of rotatable bonds is 13. The first-order chi connectivity index (χ1) is 14.5. The number of carbonyl (C=O) groups is 1. The summed E-state index contributed by atoms with van der Waals surface area (Å²) in [7, 11) is -2.09. The number of sulfonamides is 1. The molecule has 0 spiro atoms. The quantitative estimate of drug-likeness (QED) is 0.463. The Bertz CT molecular complexity index is 878. The van der Waals surface area contributed by atoms with Crippen molar-refractivity contribution in [1.82, 2.24) is 10.0 Å². The van der Waals surface area contributed by atoms with Crippen LogP contribution < -0.4 is 14.8 Å². The van der Waals surface area contributed by atoms with E-state index in [0.717, 1.165) is 18.4 Å². The molecule has 0 aliphatic carbocycles. The zero-order valence-electron chi connectivity index (χ0n) is 17.8. The van der Waals surface area contributed by atoms with Crippen molar-refractivity contribution in [3.05, 3.63) is 59.7 Å². The fourth-order valence-corrected chi connectivity index (χ4v) is 4.02. The maximum absolute atomic E-state index is 12.4. The van der Waals surface area contributed by atoms with Gasteiger partial charge in [0.25, 0.3) is 5.91 Å². The zero-order valence-corrected chi connectivity index (χ0v) is 18.6. The Kier molecular flexibility index (Phi) is 9.83. The lowest BCUT2D eigenvalue weighted by atomic mass is 10.1. The topological polar surface area (TPSA) is 84.5 Å². The Morgan fingerprint density at radius 1 is 0.900 bits per heavy atom. The summed E-state index contributed by atoms with van der Waals surface area (Å²) in [5.74, 6) is 0.494. The SMILES string of the molecule is CCCCCCCCNC(=O)c1ccc(CNS(=O)(=O)c2ccc(OC)cc2)cc1. The number of unbranched alkanes of at least 4 members (excludes halogenated alkanes) is 5. The predicted molar refractivity (Wildman–Crippen MR) is 119 cm³/mol. The second kappa shape index (κ2) is 12.3. The minimum absolute atomic E-state index is 0.103. The van der Waals surface area contributed by atoms with Gasteiger partial charge in [0.15, 0.2) is 0 Å². The van der Waals surface area contributed by atoms with Gasteiger partial charge < -0.3 is 10.1 Å². The molecule has 1 amide bonds. The van der Waals surface area contributed by atoms with Crippen LogP contribution in [0.15, 0.2) is 53.4 Å². The van der Waals surface area contributed by atoms with Crippen molar-refractivity contribution in [2.24, 2.45) is 0 Å². The van der Waals surface area contributed by atoms with E-state index in [9.17, 15) is 13.2 Å². The third-order valence-corrected chi connectivity index (χ3v) is 6.29. The van der Waals surface area contributed by atoms with Crippen LogP contribution in [0.1, 0.15) is 61.4 Å². The first-order valence-electron chi connectivity index (χ1n) is 10.5. The van der Waals surface area contributed by atoms with Gasteiger partial charge in [-0.15, -0.1) is 0 Å². The first-order valence-corrected chi connectivity index (χ1v) is 12.0. The van der Waals surface area contributed by atoms with Crippen molar-refractivity contribution in [3.8, 4) is 5.75 Å². The van der Waals surface area contributed by atoms with E-state index in [1.807, 2.05) is 0 Å². The van der Waals surface area contributed by atoms with E-state index in [1.54, 1.807) is 36.4 Å². The predicted octanol–water partition coefficient (Wildman–Crippen LogP) is 4.26. The van der Waals surface area contributed by atoms with Crippen LogP contribution in [0.25, 0.3) is 0 Å². The monoisotopic (exact) mass is 432 g/mol. The van der Waals surface area contributed by atoms with Crippen LogP contribution in [0, 0.1) is 0 Å². The van der Waals surface area contributed by atoms with E-state index in [2.05, 4.69) is 17.0 Å². The molecule has 30 heavy (non-hydrogen) atoms. The van der Waals surface area contributed by atoms with Crippen LogP contribution in [0.2, 0.25) is 0 Å². The molecular weight excluding hydrogens is 400 g/mol. The van der Waals surface area contributed by atoms with Crippen molar-refractivity contribution in [3.63, 3.8) is 0 Å². The van der Waals surface area contributed by atoms with E-state index in [0.29, 0.717) is 17.9 Å². The molecule has 0 bridgehead atoms. The van der Waals surface area contributed by atoms with Gasteiger partial charge in [0, 0.05) is 18.7 Å². The van der Waals surface area contributed by atoms with Gasteiger partial charge in [0.05, 0.1) is 12.0 Å². The Balaban J connectivity index is 1.78.